The normalized spacial score (nSPS) is 26.6. The van der Waals surface area contributed by atoms with Crippen LogP contribution in [0.5, 0.6) is 0 Å². The molecule has 0 saturated carbocycles. The number of aliphatic imine (C=N–C) groups is 2. The van der Waals surface area contributed by atoms with Crippen molar-refractivity contribution in [1.29, 1.82) is 0 Å². The second-order valence-corrected chi connectivity index (χ2v) is 7.28. The maximum absolute atomic E-state index is 12.0. The maximum atomic E-state index is 12.0. The minimum Gasteiger partial charge on any atom is -0.447 e. The van der Waals surface area contributed by atoms with Gasteiger partial charge in [-0.05, 0) is 25.8 Å². The number of hydrogen-bond donors (Lipinski definition) is 7. The van der Waals surface area contributed by atoms with Crippen molar-refractivity contribution in [3.8, 4) is 0 Å². The van der Waals surface area contributed by atoms with Crippen LogP contribution in [0.1, 0.15) is 44.9 Å². The Morgan fingerprint density at radius 1 is 1.25 bits per heavy atom. The summed E-state index contributed by atoms with van der Waals surface area (Å²) in [5.41, 5.74) is 17.1. The second-order valence-electron chi connectivity index (χ2n) is 7.28. The first-order valence-corrected chi connectivity index (χ1v) is 9.81. The Labute approximate surface area is 164 Å². The Kier molecular flexibility index (Phi) is 8.27. The third-order valence-corrected chi connectivity index (χ3v) is 4.92. The molecule has 0 radical (unpaired) electrons. The quantitative estimate of drug-likeness (QED) is 0.189. The predicted molar refractivity (Wildman–Crippen MR) is 106 cm³/mol. The maximum Gasteiger partial charge on any atom is 0.407 e. The Hall–Kier alpha value is -2.11. The number of aliphatic hydroxyl groups is 2. The summed E-state index contributed by atoms with van der Waals surface area (Å²) in [5.74, 6) is -1.61. The molecule has 2 aliphatic rings. The van der Waals surface area contributed by atoms with Gasteiger partial charge in [-0.3, -0.25) is 4.99 Å². The average molecular weight is 399 g/mol. The molecule has 0 aromatic carbocycles. The molecule has 160 valence electrons. The van der Waals surface area contributed by atoms with E-state index in [1.807, 2.05) is 0 Å². The number of rotatable bonds is 8. The van der Waals surface area contributed by atoms with E-state index >= 15 is 0 Å². The minimum atomic E-state index is -2.05. The van der Waals surface area contributed by atoms with Crippen LogP contribution < -0.4 is 27.8 Å². The molecule has 28 heavy (non-hydrogen) atoms. The van der Waals surface area contributed by atoms with E-state index in [2.05, 4.69) is 20.6 Å². The highest BCUT2D eigenvalue weighted by Crippen LogP contribution is 2.27. The fourth-order valence-corrected chi connectivity index (χ4v) is 3.42. The van der Waals surface area contributed by atoms with Crippen molar-refractivity contribution in [2.45, 2.75) is 68.9 Å². The smallest absolute Gasteiger partial charge is 0.407 e. The van der Waals surface area contributed by atoms with Crippen molar-refractivity contribution in [1.82, 2.24) is 10.6 Å². The Morgan fingerprint density at radius 2 is 2.00 bits per heavy atom. The lowest BCUT2D eigenvalue weighted by Gasteiger charge is -2.32. The molecular weight excluding hydrogens is 366 g/mol. The molecule has 3 atom stereocenters. The summed E-state index contributed by atoms with van der Waals surface area (Å²) in [7, 11) is 0. The molecular formula is C17H33N7O4. The van der Waals surface area contributed by atoms with Crippen LogP contribution in [0.4, 0.5) is 4.79 Å². The van der Waals surface area contributed by atoms with Crippen LogP contribution in [-0.2, 0) is 4.74 Å². The highest BCUT2D eigenvalue weighted by Gasteiger charge is 2.47. The number of carbonyl (C=O) groups excluding carboxylic acids is 1. The summed E-state index contributed by atoms with van der Waals surface area (Å²) in [6, 6.07) is -2.22. The summed E-state index contributed by atoms with van der Waals surface area (Å²) in [6.45, 7) is 1.09. The summed E-state index contributed by atoms with van der Waals surface area (Å²) in [5, 5.41) is 26.4. The minimum absolute atomic E-state index is 0.0844. The number of amides is 1. The number of amidine groups is 1. The van der Waals surface area contributed by atoms with Gasteiger partial charge in [-0.15, -0.1) is 0 Å². The molecule has 0 bridgehead atoms. The van der Waals surface area contributed by atoms with Gasteiger partial charge >= 0.3 is 6.09 Å². The molecule has 0 aliphatic carbocycles. The number of fused-ring (bicyclic) bond motifs is 1. The van der Waals surface area contributed by atoms with Gasteiger partial charge in [0.25, 0.3) is 0 Å². The molecule has 0 fully saturated rings. The molecule has 0 spiro atoms. The molecule has 0 aromatic rings. The molecule has 11 heteroatoms. The standard InChI is InChI=1S/C17H33N7O4/c18-8-3-1-2-4-9-21-16(25)28-10-11-13-14(24-15(20)23-13)17(26,27)7-5-6-12(19)22-11/h11,13-14,26-27H,1-10,18H2,(H2,19,22)(H,21,25)(H3,20,23,24). The second kappa shape index (κ2) is 10.4. The lowest BCUT2D eigenvalue weighted by molar-refractivity contribution is -0.184. The lowest BCUT2D eigenvalue weighted by atomic mass is 9.92. The molecule has 11 nitrogen and oxygen atoms in total. The van der Waals surface area contributed by atoms with E-state index in [1.54, 1.807) is 0 Å². The van der Waals surface area contributed by atoms with E-state index in [0.29, 0.717) is 31.8 Å². The predicted octanol–water partition coefficient (Wildman–Crippen LogP) is -1.52. The molecule has 10 N–H and O–H groups in total. The fourth-order valence-electron chi connectivity index (χ4n) is 3.42. The van der Waals surface area contributed by atoms with Gasteiger partial charge in [-0.25, -0.2) is 9.79 Å². The summed E-state index contributed by atoms with van der Waals surface area (Å²) < 4.78 is 5.28. The van der Waals surface area contributed by atoms with E-state index in [1.165, 1.54) is 0 Å². The number of alkyl carbamates (subject to hydrolysis) is 1. The zero-order valence-corrected chi connectivity index (χ0v) is 16.1. The SMILES string of the molecule is NCCCCCCNC(=O)OCC1N=C(N)CCCC(O)(O)C2N=C(N)NC12. The third kappa shape index (κ3) is 6.50. The van der Waals surface area contributed by atoms with Crippen LogP contribution >= 0.6 is 0 Å². The Bertz CT molecular complexity index is 582. The zero-order valence-electron chi connectivity index (χ0n) is 16.1. The largest absolute Gasteiger partial charge is 0.447 e. The van der Waals surface area contributed by atoms with Crippen molar-refractivity contribution in [2.75, 3.05) is 19.7 Å². The average Bonchev–Trinajstić information content (AvgIpc) is 3.04. The number of nitrogens with two attached hydrogens (primary N) is 3. The van der Waals surface area contributed by atoms with Gasteiger partial charge in [0.2, 0.25) is 0 Å². The van der Waals surface area contributed by atoms with Gasteiger partial charge in [0.1, 0.15) is 18.7 Å². The Balaban J connectivity index is 1.91. The lowest BCUT2D eigenvalue weighted by Crippen LogP contribution is -2.55. The van der Waals surface area contributed by atoms with Gasteiger partial charge in [0.15, 0.2) is 11.7 Å². The van der Waals surface area contributed by atoms with Crippen LogP contribution in [0.3, 0.4) is 0 Å². The first kappa shape index (κ1) is 22.2. The van der Waals surface area contributed by atoms with Gasteiger partial charge < -0.3 is 42.8 Å². The van der Waals surface area contributed by atoms with Crippen LogP contribution in [0, 0.1) is 0 Å². The Morgan fingerprint density at radius 3 is 2.75 bits per heavy atom. The molecule has 2 heterocycles. The molecule has 2 rings (SSSR count). The van der Waals surface area contributed by atoms with Gasteiger partial charge in [-0.2, -0.15) is 0 Å². The monoisotopic (exact) mass is 399 g/mol. The van der Waals surface area contributed by atoms with Crippen molar-refractivity contribution in [3.05, 3.63) is 0 Å². The van der Waals surface area contributed by atoms with Crippen molar-refractivity contribution < 1.29 is 19.7 Å². The summed E-state index contributed by atoms with van der Waals surface area (Å²) in [6.07, 6.45) is 4.22. The summed E-state index contributed by atoms with van der Waals surface area (Å²) in [4.78, 5) is 20.5. The van der Waals surface area contributed by atoms with E-state index in [0.717, 1.165) is 25.7 Å². The van der Waals surface area contributed by atoms with Gasteiger partial charge in [-0.1, -0.05) is 12.8 Å². The van der Waals surface area contributed by atoms with Gasteiger partial charge in [0, 0.05) is 19.4 Å². The highest BCUT2D eigenvalue weighted by molar-refractivity contribution is 5.82. The van der Waals surface area contributed by atoms with E-state index in [-0.39, 0.29) is 19.0 Å². The highest BCUT2D eigenvalue weighted by atomic mass is 16.5. The topological polar surface area (TPSA) is 194 Å². The molecule has 0 saturated heterocycles. The van der Waals surface area contributed by atoms with E-state index in [4.69, 9.17) is 21.9 Å². The number of nitrogens with zero attached hydrogens (tertiary/aromatic N) is 2. The first-order valence-electron chi connectivity index (χ1n) is 9.81. The van der Waals surface area contributed by atoms with Crippen molar-refractivity contribution in [3.63, 3.8) is 0 Å². The molecule has 2 aliphatic heterocycles. The summed E-state index contributed by atoms with van der Waals surface area (Å²) >= 11 is 0. The van der Waals surface area contributed by atoms with Crippen LogP contribution in [0.2, 0.25) is 0 Å². The number of guanidine groups is 1. The number of nitrogens with one attached hydrogen (secondary N) is 2. The molecule has 3 unspecified atom stereocenters. The number of ether oxygens (including phenoxy) is 1. The van der Waals surface area contributed by atoms with Crippen LogP contribution in [0.15, 0.2) is 9.98 Å². The number of unbranched alkanes of at least 4 members (excludes halogenated alkanes) is 3. The van der Waals surface area contributed by atoms with E-state index in [9.17, 15) is 15.0 Å². The number of carbonyl (C=O) groups is 1. The van der Waals surface area contributed by atoms with Crippen LogP contribution in [-0.4, -0.2) is 71.7 Å². The fraction of sp³-hybridized carbons (Fsp3) is 0.824. The van der Waals surface area contributed by atoms with Crippen molar-refractivity contribution in [2.24, 2.45) is 27.2 Å². The van der Waals surface area contributed by atoms with Crippen LogP contribution in [0.25, 0.3) is 0 Å². The molecule has 1 amide bonds. The van der Waals surface area contributed by atoms with E-state index < -0.39 is 30.0 Å². The first-order chi connectivity index (χ1) is 13.3. The molecule has 0 aromatic heterocycles. The van der Waals surface area contributed by atoms with Crippen molar-refractivity contribution >= 4 is 17.9 Å². The third-order valence-electron chi connectivity index (χ3n) is 4.92. The zero-order chi connectivity index (χ0) is 20.6. The number of hydrogen-bond acceptors (Lipinski definition) is 10. The van der Waals surface area contributed by atoms with Gasteiger partial charge in [0.05, 0.1) is 11.9 Å².